The van der Waals surface area contributed by atoms with Crippen molar-refractivity contribution in [1.82, 2.24) is 10.9 Å². The Bertz CT molecular complexity index is 257. The zero-order chi connectivity index (χ0) is 13.4. The maximum absolute atomic E-state index is 11.6. The highest BCUT2D eigenvalue weighted by Crippen LogP contribution is 2.24. The van der Waals surface area contributed by atoms with Crippen LogP contribution in [0.25, 0.3) is 0 Å². The SMILES string of the molecule is NNC(=O)C1CCCCCC(C(=O)NN)CCC1. The van der Waals surface area contributed by atoms with Crippen LogP contribution >= 0.6 is 0 Å². The van der Waals surface area contributed by atoms with Crippen LogP contribution in [0.3, 0.4) is 0 Å². The van der Waals surface area contributed by atoms with Gasteiger partial charge >= 0.3 is 0 Å². The second kappa shape index (κ2) is 8.05. The fourth-order valence-electron chi connectivity index (χ4n) is 2.62. The minimum atomic E-state index is -0.0876. The van der Waals surface area contributed by atoms with Crippen molar-refractivity contribution in [3.8, 4) is 0 Å². The van der Waals surface area contributed by atoms with E-state index in [0.717, 1.165) is 51.4 Å². The van der Waals surface area contributed by atoms with Gasteiger partial charge in [-0.05, 0) is 25.7 Å². The zero-order valence-electron chi connectivity index (χ0n) is 10.8. The van der Waals surface area contributed by atoms with E-state index in [-0.39, 0.29) is 23.7 Å². The number of hydrazine groups is 2. The quantitative estimate of drug-likeness (QED) is 0.324. The molecule has 0 spiro atoms. The molecule has 1 rings (SSSR count). The van der Waals surface area contributed by atoms with Gasteiger partial charge in [-0.25, -0.2) is 11.7 Å². The van der Waals surface area contributed by atoms with E-state index >= 15 is 0 Å². The normalized spacial score (nSPS) is 26.1. The summed E-state index contributed by atoms with van der Waals surface area (Å²) in [6.07, 6.45) is 7.27. The Morgan fingerprint density at radius 2 is 1.11 bits per heavy atom. The molecule has 0 radical (unpaired) electrons. The average Bonchev–Trinajstić information content (AvgIpc) is 2.42. The van der Waals surface area contributed by atoms with Crippen molar-refractivity contribution < 1.29 is 9.59 Å². The number of amides is 2. The van der Waals surface area contributed by atoms with Gasteiger partial charge < -0.3 is 0 Å². The van der Waals surface area contributed by atoms with E-state index in [9.17, 15) is 9.59 Å². The van der Waals surface area contributed by atoms with Crippen molar-refractivity contribution in [2.24, 2.45) is 23.5 Å². The van der Waals surface area contributed by atoms with E-state index in [2.05, 4.69) is 10.9 Å². The topological polar surface area (TPSA) is 110 Å². The molecule has 2 amide bonds. The van der Waals surface area contributed by atoms with Crippen LogP contribution in [0, 0.1) is 11.8 Å². The minimum absolute atomic E-state index is 0.0188. The van der Waals surface area contributed by atoms with Crippen molar-refractivity contribution in [2.75, 3.05) is 0 Å². The Labute approximate surface area is 108 Å². The fourth-order valence-corrected chi connectivity index (χ4v) is 2.62. The molecule has 2 unspecified atom stereocenters. The van der Waals surface area contributed by atoms with E-state index in [1.807, 2.05) is 0 Å². The van der Waals surface area contributed by atoms with Crippen LogP contribution in [0.5, 0.6) is 0 Å². The third kappa shape index (κ3) is 4.62. The smallest absolute Gasteiger partial charge is 0.236 e. The van der Waals surface area contributed by atoms with E-state index < -0.39 is 0 Å². The standard InChI is InChI=1S/C12H24N4O2/c13-15-11(17)9-5-2-1-3-6-10(8-4-7-9)12(18)16-14/h9-10H,1-8,13-14H2,(H,15,17)(H,16,18). The van der Waals surface area contributed by atoms with Crippen LogP contribution in [0.1, 0.15) is 51.4 Å². The Morgan fingerprint density at radius 3 is 1.50 bits per heavy atom. The maximum Gasteiger partial charge on any atom is 0.236 e. The van der Waals surface area contributed by atoms with Gasteiger partial charge in [0.05, 0.1) is 0 Å². The Balaban J connectivity index is 2.51. The van der Waals surface area contributed by atoms with Gasteiger partial charge in [-0.2, -0.15) is 0 Å². The molecule has 0 heterocycles. The Morgan fingerprint density at radius 1 is 0.722 bits per heavy atom. The summed E-state index contributed by atoms with van der Waals surface area (Å²) >= 11 is 0. The number of carbonyl (C=O) groups excluding carboxylic acids is 2. The molecule has 0 aromatic rings. The zero-order valence-corrected chi connectivity index (χ0v) is 10.8. The van der Waals surface area contributed by atoms with Gasteiger partial charge in [0.15, 0.2) is 0 Å². The van der Waals surface area contributed by atoms with Gasteiger partial charge in [0.25, 0.3) is 0 Å². The molecular formula is C12H24N4O2. The molecule has 0 bridgehead atoms. The van der Waals surface area contributed by atoms with Gasteiger partial charge in [-0.3, -0.25) is 20.4 Å². The molecule has 0 aliphatic heterocycles. The number of carbonyl (C=O) groups is 2. The Kier molecular flexibility index (Phi) is 6.67. The number of nitrogens with two attached hydrogens (primary N) is 2. The van der Waals surface area contributed by atoms with Crippen LogP contribution < -0.4 is 22.5 Å². The predicted octanol–water partition coefficient (Wildman–Crippen LogP) is 0.333. The molecule has 18 heavy (non-hydrogen) atoms. The fraction of sp³-hybridized carbons (Fsp3) is 0.833. The lowest BCUT2D eigenvalue weighted by Crippen LogP contribution is -2.37. The molecule has 1 aliphatic carbocycles. The van der Waals surface area contributed by atoms with Crippen LogP contribution in [0.2, 0.25) is 0 Å². The van der Waals surface area contributed by atoms with Crippen LogP contribution in [-0.2, 0) is 9.59 Å². The van der Waals surface area contributed by atoms with Crippen LogP contribution in [0.4, 0.5) is 0 Å². The number of rotatable bonds is 2. The number of hydrogen-bond donors (Lipinski definition) is 4. The summed E-state index contributed by atoms with van der Waals surface area (Å²) in [5.41, 5.74) is 4.45. The van der Waals surface area contributed by atoms with Crippen molar-refractivity contribution in [2.45, 2.75) is 51.4 Å². The highest BCUT2D eigenvalue weighted by molar-refractivity contribution is 5.78. The first-order chi connectivity index (χ1) is 8.69. The summed E-state index contributed by atoms with van der Waals surface area (Å²) in [5, 5.41) is 0. The predicted molar refractivity (Wildman–Crippen MR) is 68.6 cm³/mol. The number of nitrogens with one attached hydrogen (secondary N) is 2. The summed E-state index contributed by atoms with van der Waals surface area (Å²) in [6, 6.07) is 0. The van der Waals surface area contributed by atoms with Gasteiger partial charge in [-0.15, -0.1) is 0 Å². The first kappa shape index (κ1) is 14.9. The molecule has 6 N–H and O–H groups in total. The van der Waals surface area contributed by atoms with E-state index in [0.29, 0.717) is 0 Å². The highest BCUT2D eigenvalue weighted by Gasteiger charge is 2.22. The average molecular weight is 256 g/mol. The third-order valence-electron chi connectivity index (χ3n) is 3.74. The molecule has 1 fully saturated rings. The first-order valence-corrected chi connectivity index (χ1v) is 6.70. The number of hydrogen-bond acceptors (Lipinski definition) is 4. The van der Waals surface area contributed by atoms with Crippen molar-refractivity contribution in [1.29, 1.82) is 0 Å². The molecule has 6 nitrogen and oxygen atoms in total. The lowest BCUT2D eigenvalue weighted by molar-refractivity contribution is -0.125. The molecule has 2 atom stereocenters. The lowest BCUT2D eigenvalue weighted by Gasteiger charge is -2.20. The van der Waals surface area contributed by atoms with E-state index in [4.69, 9.17) is 11.7 Å². The van der Waals surface area contributed by atoms with Crippen LogP contribution in [0.15, 0.2) is 0 Å². The van der Waals surface area contributed by atoms with E-state index in [1.54, 1.807) is 0 Å². The monoisotopic (exact) mass is 256 g/mol. The summed E-state index contributed by atoms with van der Waals surface area (Å²) in [6.45, 7) is 0. The van der Waals surface area contributed by atoms with Gasteiger partial charge in [0, 0.05) is 11.8 Å². The second-order valence-electron chi connectivity index (χ2n) is 4.98. The van der Waals surface area contributed by atoms with Gasteiger partial charge in [0.1, 0.15) is 0 Å². The van der Waals surface area contributed by atoms with Gasteiger partial charge in [0.2, 0.25) is 11.8 Å². The molecule has 104 valence electrons. The molecular weight excluding hydrogens is 232 g/mol. The molecule has 6 heteroatoms. The Hall–Kier alpha value is -1.14. The molecule has 1 saturated carbocycles. The lowest BCUT2D eigenvalue weighted by atomic mass is 9.87. The first-order valence-electron chi connectivity index (χ1n) is 6.70. The van der Waals surface area contributed by atoms with Crippen molar-refractivity contribution >= 4 is 11.8 Å². The summed E-state index contributed by atoms with van der Waals surface area (Å²) in [4.78, 5) is 23.1. The second-order valence-corrected chi connectivity index (χ2v) is 4.98. The van der Waals surface area contributed by atoms with Crippen molar-refractivity contribution in [3.05, 3.63) is 0 Å². The molecule has 1 aliphatic rings. The van der Waals surface area contributed by atoms with E-state index in [1.165, 1.54) is 0 Å². The summed E-state index contributed by atoms with van der Waals surface area (Å²) < 4.78 is 0. The molecule has 0 aromatic heterocycles. The molecule has 0 saturated heterocycles. The maximum atomic E-state index is 11.6. The summed E-state index contributed by atoms with van der Waals surface area (Å²) in [7, 11) is 0. The minimum Gasteiger partial charge on any atom is -0.294 e. The highest BCUT2D eigenvalue weighted by atomic mass is 16.2. The van der Waals surface area contributed by atoms with Gasteiger partial charge in [-0.1, -0.05) is 25.7 Å². The largest absolute Gasteiger partial charge is 0.294 e. The third-order valence-corrected chi connectivity index (χ3v) is 3.74. The molecule has 0 aromatic carbocycles. The summed E-state index contributed by atoms with van der Waals surface area (Å²) in [5.74, 6) is 10.1. The van der Waals surface area contributed by atoms with Crippen LogP contribution in [-0.4, -0.2) is 11.8 Å². The van der Waals surface area contributed by atoms with Crippen molar-refractivity contribution in [3.63, 3.8) is 0 Å².